The first-order valence-electron chi connectivity index (χ1n) is 3.34. The Morgan fingerprint density at radius 3 is 2.40 bits per heavy atom. The van der Waals surface area contributed by atoms with Crippen LogP contribution in [-0.4, -0.2) is 6.10 Å². The number of rotatable bonds is 2. The third-order valence-corrected chi connectivity index (χ3v) is 1.08. The lowest BCUT2D eigenvalue weighted by molar-refractivity contribution is 0.267. The van der Waals surface area contributed by atoms with Gasteiger partial charge in [0.05, 0.1) is 6.10 Å². The Labute approximate surface area is 61.6 Å². The van der Waals surface area contributed by atoms with Crippen molar-refractivity contribution < 1.29 is 4.74 Å². The predicted molar refractivity (Wildman–Crippen MR) is 41.9 cm³/mol. The molecule has 10 heavy (non-hydrogen) atoms. The van der Waals surface area contributed by atoms with E-state index >= 15 is 0 Å². The van der Waals surface area contributed by atoms with Crippen molar-refractivity contribution in [3.8, 4) is 5.75 Å². The molecule has 0 aromatic heterocycles. The molecule has 0 N–H and O–H groups in total. The van der Waals surface area contributed by atoms with Crippen molar-refractivity contribution >= 4 is 0 Å². The summed E-state index contributed by atoms with van der Waals surface area (Å²) in [6.07, 6.45) is 0.0161. The van der Waals surface area contributed by atoms with Gasteiger partial charge in [-0.05, 0) is 26.0 Å². The van der Waals surface area contributed by atoms with Crippen LogP contribution in [0.2, 0.25) is 0 Å². The molecule has 0 aliphatic carbocycles. The molecule has 1 aromatic rings. The van der Waals surface area contributed by atoms with Crippen LogP contribution in [0.3, 0.4) is 0 Å². The van der Waals surface area contributed by atoms with E-state index in [0.717, 1.165) is 5.75 Å². The SMILES string of the molecule is [CH2]C(C)Oc1ccccc1. The van der Waals surface area contributed by atoms with Gasteiger partial charge in [0.25, 0.3) is 0 Å². The first kappa shape index (κ1) is 7.13. The third kappa shape index (κ3) is 2.09. The summed E-state index contributed by atoms with van der Waals surface area (Å²) in [5.74, 6) is 0.880. The lowest BCUT2D eigenvalue weighted by Crippen LogP contribution is -2.05. The van der Waals surface area contributed by atoms with Crippen LogP contribution in [0.25, 0.3) is 0 Å². The fourth-order valence-corrected chi connectivity index (χ4v) is 0.731. The third-order valence-electron chi connectivity index (χ3n) is 1.08. The Balaban J connectivity index is 2.59. The molecule has 0 bridgehead atoms. The molecule has 53 valence electrons. The van der Waals surface area contributed by atoms with E-state index in [1.54, 1.807) is 0 Å². The van der Waals surface area contributed by atoms with E-state index in [1.165, 1.54) is 0 Å². The fraction of sp³-hybridized carbons (Fsp3) is 0.222. The largest absolute Gasteiger partial charge is 0.491 e. The Hall–Kier alpha value is -0.980. The number of hydrogen-bond acceptors (Lipinski definition) is 1. The summed E-state index contributed by atoms with van der Waals surface area (Å²) in [5.41, 5.74) is 0. The fourth-order valence-electron chi connectivity index (χ4n) is 0.731. The summed E-state index contributed by atoms with van der Waals surface area (Å²) in [5, 5.41) is 0. The highest BCUT2D eigenvalue weighted by Crippen LogP contribution is 2.09. The van der Waals surface area contributed by atoms with E-state index < -0.39 is 0 Å². The molecule has 0 aliphatic rings. The second kappa shape index (κ2) is 3.25. The molecule has 1 nitrogen and oxygen atoms in total. The molecular formula is C9H11O. The van der Waals surface area contributed by atoms with Crippen LogP contribution in [0.4, 0.5) is 0 Å². The molecule has 0 amide bonds. The lowest BCUT2D eigenvalue weighted by atomic mass is 10.3. The van der Waals surface area contributed by atoms with Gasteiger partial charge in [0.15, 0.2) is 0 Å². The second-order valence-electron chi connectivity index (χ2n) is 2.24. The molecular weight excluding hydrogens is 124 g/mol. The Morgan fingerprint density at radius 2 is 1.90 bits per heavy atom. The molecule has 0 spiro atoms. The van der Waals surface area contributed by atoms with Crippen LogP contribution in [0.5, 0.6) is 5.75 Å². The highest BCUT2D eigenvalue weighted by atomic mass is 16.5. The van der Waals surface area contributed by atoms with Gasteiger partial charge in [-0.25, -0.2) is 0 Å². The van der Waals surface area contributed by atoms with E-state index in [-0.39, 0.29) is 6.10 Å². The number of ether oxygens (including phenoxy) is 1. The monoisotopic (exact) mass is 135 g/mol. The maximum absolute atomic E-state index is 5.30. The maximum atomic E-state index is 5.30. The van der Waals surface area contributed by atoms with E-state index in [1.807, 2.05) is 37.3 Å². The van der Waals surface area contributed by atoms with Crippen LogP contribution in [0.15, 0.2) is 30.3 Å². The van der Waals surface area contributed by atoms with Gasteiger partial charge in [-0.3, -0.25) is 0 Å². The Morgan fingerprint density at radius 1 is 1.30 bits per heavy atom. The van der Waals surface area contributed by atoms with E-state index in [0.29, 0.717) is 0 Å². The molecule has 1 heteroatoms. The van der Waals surface area contributed by atoms with Crippen molar-refractivity contribution in [3.05, 3.63) is 37.3 Å². The Kier molecular flexibility index (Phi) is 2.32. The molecule has 1 aromatic carbocycles. The predicted octanol–water partition coefficient (Wildman–Crippen LogP) is 2.29. The highest BCUT2D eigenvalue weighted by Gasteiger charge is 1.93. The van der Waals surface area contributed by atoms with Crippen LogP contribution in [-0.2, 0) is 0 Å². The molecule has 0 fully saturated rings. The first-order valence-corrected chi connectivity index (χ1v) is 3.34. The zero-order chi connectivity index (χ0) is 7.40. The smallest absolute Gasteiger partial charge is 0.119 e. The van der Waals surface area contributed by atoms with E-state index in [9.17, 15) is 0 Å². The summed E-state index contributed by atoms with van der Waals surface area (Å²) in [6.45, 7) is 5.62. The Bertz CT molecular complexity index is 179. The van der Waals surface area contributed by atoms with Crippen molar-refractivity contribution in [2.45, 2.75) is 13.0 Å². The van der Waals surface area contributed by atoms with Crippen molar-refractivity contribution in [2.75, 3.05) is 0 Å². The van der Waals surface area contributed by atoms with Crippen LogP contribution in [0.1, 0.15) is 6.92 Å². The van der Waals surface area contributed by atoms with Crippen molar-refractivity contribution in [3.63, 3.8) is 0 Å². The molecule has 1 radical (unpaired) electrons. The highest BCUT2D eigenvalue weighted by molar-refractivity contribution is 5.21. The average molecular weight is 135 g/mol. The minimum absolute atomic E-state index is 0.0161. The molecule has 1 rings (SSSR count). The summed E-state index contributed by atoms with van der Waals surface area (Å²) >= 11 is 0. The number of benzene rings is 1. The molecule has 0 saturated heterocycles. The van der Waals surface area contributed by atoms with Gasteiger partial charge in [-0.15, -0.1) is 0 Å². The summed E-state index contributed by atoms with van der Waals surface area (Å²) < 4.78 is 5.30. The van der Waals surface area contributed by atoms with E-state index in [2.05, 4.69) is 6.92 Å². The second-order valence-corrected chi connectivity index (χ2v) is 2.24. The van der Waals surface area contributed by atoms with Crippen LogP contribution >= 0.6 is 0 Å². The minimum atomic E-state index is 0.0161. The van der Waals surface area contributed by atoms with E-state index in [4.69, 9.17) is 4.74 Å². The zero-order valence-corrected chi connectivity index (χ0v) is 6.08. The standard InChI is InChI=1S/C9H11O/c1-8(2)10-9-6-4-3-5-7-9/h3-8H,1H2,2H3. The quantitative estimate of drug-likeness (QED) is 0.604. The normalized spacial score (nSPS) is 9.90. The lowest BCUT2D eigenvalue weighted by Gasteiger charge is -2.07. The van der Waals surface area contributed by atoms with Gasteiger partial charge >= 0.3 is 0 Å². The summed E-state index contributed by atoms with van der Waals surface area (Å²) in [7, 11) is 0. The van der Waals surface area contributed by atoms with Gasteiger partial charge in [0.2, 0.25) is 0 Å². The number of hydrogen-bond donors (Lipinski definition) is 0. The van der Waals surface area contributed by atoms with Gasteiger partial charge in [-0.2, -0.15) is 0 Å². The molecule has 0 aliphatic heterocycles. The van der Waals surface area contributed by atoms with Gasteiger partial charge < -0.3 is 4.74 Å². The number of para-hydroxylation sites is 1. The minimum Gasteiger partial charge on any atom is -0.491 e. The van der Waals surface area contributed by atoms with Gasteiger partial charge in [-0.1, -0.05) is 18.2 Å². The molecule has 1 unspecified atom stereocenters. The first-order chi connectivity index (χ1) is 4.79. The molecule has 0 heterocycles. The average Bonchev–Trinajstić information content (AvgIpc) is 1.88. The van der Waals surface area contributed by atoms with Crippen molar-refractivity contribution in [1.29, 1.82) is 0 Å². The van der Waals surface area contributed by atoms with Crippen LogP contribution in [0, 0.1) is 6.92 Å². The van der Waals surface area contributed by atoms with Crippen molar-refractivity contribution in [1.82, 2.24) is 0 Å². The molecule has 0 saturated carbocycles. The topological polar surface area (TPSA) is 9.23 Å². The zero-order valence-electron chi connectivity index (χ0n) is 6.08. The summed E-state index contributed by atoms with van der Waals surface area (Å²) in [4.78, 5) is 0. The molecule has 1 atom stereocenters. The maximum Gasteiger partial charge on any atom is 0.119 e. The van der Waals surface area contributed by atoms with Crippen LogP contribution < -0.4 is 4.74 Å². The van der Waals surface area contributed by atoms with Gasteiger partial charge in [0, 0.05) is 0 Å². The van der Waals surface area contributed by atoms with Crippen molar-refractivity contribution in [2.24, 2.45) is 0 Å². The van der Waals surface area contributed by atoms with Gasteiger partial charge in [0.1, 0.15) is 5.75 Å². The summed E-state index contributed by atoms with van der Waals surface area (Å²) in [6, 6.07) is 9.68.